The van der Waals surface area contributed by atoms with Crippen molar-refractivity contribution in [3.63, 3.8) is 0 Å². The van der Waals surface area contributed by atoms with Crippen LogP contribution in [0.1, 0.15) is 69.3 Å². The third kappa shape index (κ3) is 5.61. The molecule has 0 spiro atoms. The predicted molar refractivity (Wildman–Crippen MR) is 147 cm³/mol. The van der Waals surface area contributed by atoms with E-state index in [9.17, 15) is 9.59 Å². The largest absolute Gasteiger partial charge is 0.469 e. The fourth-order valence-corrected chi connectivity index (χ4v) is 7.45. The number of aryl methyl sites for hydroxylation is 1. The Kier molecular flexibility index (Phi) is 8.81. The molecule has 6 nitrogen and oxygen atoms in total. The number of carbonyl (C=O) groups excluding carboxylic acids is 2. The van der Waals surface area contributed by atoms with Crippen LogP contribution in [-0.2, 0) is 38.4 Å². The molecule has 2 aliphatic rings. The van der Waals surface area contributed by atoms with Gasteiger partial charge in [-0.25, -0.2) is 0 Å². The Morgan fingerprint density at radius 2 is 1.89 bits per heavy atom. The zero-order chi connectivity index (χ0) is 27.3. The lowest BCUT2D eigenvalue weighted by molar-refractivity contribution is -0.168. The van der Waals surface area contributed by atoms with Gasteiger partial charge in [0, 0.05) is 0 Å². The minimum Gasteiger partial charge on any atom is -0.469 e. The topological polar surface area (TPSA) is 77.8 Å². The molecule has 5 atom stereocenters. The number of fused-ring (bicyclic) bond motifs is 1. The molecule has 6 heteroatoms. The summed E-state index contributed by atoms with van der Waals surface area (Å²) in [6, 6.07) is 11.5. The molecular weight excluding hydrogens is 478 g/mol. The minimum absolute atomic E-state index is 0.0182. The molecule has 0 aliphatic heterocycles. The van der Waals surface area contributed by atoms with Crippen LogP contribution in [0.2, 0.25) is 0 Å². The van der Waals surface area contributed by atoms with Crippen molar-refractivity contribution in [2.45, 2.75) is 77.8 Å². The first kappa shape index (κ1) is 28.2. The smallest absolute Gasteiger partial charge is 0.323 e. The summed E-state index contributed by atoms with van der Waals surface area (Å²) in [5, 5.41) is 3.35. The van der Waals surface area contributed by atoms with Gasteiger partial charge >= 0.3 is 11.9 Å². The van der Waals surface area contributed by atoms with Crippen molar-refractivity contribution in [2.24, 2.45) is 22.7 Å². The molecule has 0 radical (unpaired) electrons. The second-order valence-corrected chi connectivity index (χ2v) is 11.6. The van der Waals surface area contributed by atoms with E-state index in [0.29, 0.717) is 18.9 Å². The van der Waals surface area contributed by atoms with Gasteiger partial charge in [0.1, 0.15) is 11.8 Å². The van der Waals surface area contributed by atoms with Gasteiger partial charge in [0.25, 0.3) is 0 Å². The number of ether oxygens (including phenoxy) is 2. The van der Waals surface area contributed by atoms with E-state index in [4.69, 9.17) is 13.9 Å². The van der Waals surface area contributed by atoms with Crippen molar-refractivity contribution in [2.75, 3.05) is 14.2 Å². The molecular formula is C32H43NO5. The summed E-state index contributed by atoms with van der Waals surface area (Å²) in [6.45, 7) is 9.42. The maximum atomic E-state index is 12.9. The Hall–Kier alpha value is -2.86. The van der Waals surface area contributed by atoms with Crippen LogP contribution in [0.25, 0.3) is 0 Å². The normalized spacial score (nSPS) is 27.8. The van der Waals surface area contributed by atoms with Gasteiger partial charge in [-0.3, -0.25) is 14.9 Å². The highest BCUT2D eigenvalue weighted by molar-refractivity contribution is 5.77. The molecule has 5 unspecified atom stereocenters. The zero-order valence-corrected chi connectivity index (χ0v) is 23.4. The number of carbonyl (C=O) groups is 2. The van der Waals surface area contributed by atoms with Crippen LogP contribution in [-0.4, -0.2) is 32.2 Å². The highest BCUT2D eigenvalue weighted by atomic mass is 16.5. The third-order valence-corrected chi connectivity index (χ3v) is 9.49. The Morgan fingerprint density at radius 3 is 2.61 bits per heavy atom. The molecule has 2 saturated carbocycles. The van der Waals surface area contributed by atoms with Crippen molar-refractivity contribution in [1.82, 2.24) is 5.32 Å². The fraction of sp³-hybridized carbons (Fsp3) is 0.562. The summed E-state index contributed by atoms with van der Waals surface area (Å²) in [5.41, 5.74) is 3.10. The number of benzene rings is 1. The second-order valence-electron chi connectivity index (χ2n) is 11.6. The molecule has 0 bridgehead atoms. The predicted octanol–water partition coefficient (Wildman–Crippen LogP) is 6.04. The summed E-state index contributed by atoms with van der Waals surface area (Å²) in [4.78, 5) is 25.3. The van der Waals surface area contributed by atoms with Gasteiger partial charge in [0.2, 0.25) is 0 Å². The first-order valence-corrected chi connectivity index (χ1v) is 13.9. The van der Waals surface area contributed by atoms with Crippen LogP contribution >= 0.6 is 0 Å². The third-order valence-electron chi connectivity index (χ3n) is 9.49. The summed E-state index contributed by atoms with van der Waals surface area (Å²) >= 11 is 0. The van der Waals surface area contributed by atoms with Crippen LogP contribution in [0.3, 0.4) is 0 Å². The van der Waals surface area contributed by atoms with Crippen LogP contribution in [0, 0.1) is 22.7 Å². The van der Waals surface area contributed by atoms with E-state index in [1.54, 1.807) is 6.26 Å². The Bertz CT molecular complexity index is 1120. The lowest BCUT2D eigenvalue weighted by Gasteiger charge is -2.57. The molecule has 1 heterocycles. The van der Waals surface area contributed by atoms with E-state index in [2.05, 4.69) is 25.7 Å². The van der Waals surface area contributed by atoms with Gasteiger partial charge in [-0.2, -0.15) is 0 Å². The van der Waals surface area contributed by atoms with E-state index in [0.717, 1.165) is 61.8 Å². The number of hydrogen-bond donors (Lipinski definition) is 1. The van der Waals surface area contributed by atoms with Gasteiger partial charge in [0.05, 0.1) is 32.4 Å². The van der Waals surface area contributed by atoms with E-state index in [1.807, 2.05) is 36.4 Å². The quantitative estimate of drug-likeness (QED) is 0.303. The molecule has 1 aromatic carbocycles. The van der Waals surface area contributed by atoms with Gasteiger partial charge in [0.15, 0.2) is 0 Å². The summed E-state index contributed by atoms with van der Waals surface area (Å²) in [5.74, 6) is 1.11. The van der Waals surface area contributed by atoms with Crippen LogP contribution < -0.4 is 5.32 Å². The van der Waals surface area contributed by atoms with Crippen LogP contribution in [0.4, 0.5) is 0 Å². The van der Waals surface area contributed by atoms with Gasteiger partial charge in [-0.1, -0.05) is 55.8 Å². The van der Waals surface area contributed by atoms with E-state index in [-0.39, 0.29) is 23.3 Å². The Labute approximate surface area is 227 Å². The molecule has 2 aliphatic carbocycles. The second kappa shape index (κ2) is 11.9. The first-order chi connectivity index (χ1) is 18.2. The van der Waals surface area contributed by atoms with Crippen molar-refractivity contribution in [3.8, 4) is 0 Å². The maximum Gasteiger partial charge on any atom is 0.323 e. The van der Waals surface area contributed by atoms with Crippen LogP contribution in [0.15, 0.2) is 59.2 Å². The average molecular weight is 522 g/mol. The minimum atomic E-state index is -0.462. The van der Waals surface area contributed by atoms with Crippen molar-refractivity contribution in [3.05, 3.63) is 71.7 Å². The van der Waals surface area contributed by atoms with Gasteiger partial charge < -0.3 is 13.9 Å². The average Bonchev–Trinajstić information content (AvgIpc) is 3.37. The van der Waals surface area contributed by atoms with E-state index < -0.39 is 11.5 Å². The summed E-state index contributed by atoms with van der Waals surface area (Å²) in [6.07, 6.45) is 9.06. The standard InChI is InChI=1S/C32H43NO5/c1-22-12-15-28-31(2,17-9-18-32(28,3)30(35)37-5)25(22)14-13-24-16-19-38-27(24)21-33-26(29(34)36-4)20-23-10-7-6-8-11-23/h6-8,10-11,16,19,25-26,28,33H,1,9,12-15,17-18,20-21H2,2-5H3. The molecule has 206 valence electrons. The summed E-state index contributed by atoms with van der Waals surface area (Å²) < 4.78 is 16.2. The number of hydrogen-bond acceptors (Lipinski definition) is 6. The molecule has 38 heavy (non-hydrogen) atoms. The fourth-order valence-electron chi connectivity index (χ4n) is 7.45. The molecule has 0 amide bonds. The lowest BCUT2D eigenvalue weighted by Crippen LogP contribution is -2.53. The molecule has 0 saturated heterocycles. The van der Waals surface area contributed by atoms with Gasteiger partial charge in [-0.05, 0) is 86.3 Å². The monoisotopic (exact) mass is 521 g/mol. The Morgan fingerprint density at radius 1 is 1.13 bits per heavy atom. The number of esters is 2. The van der Waals surface area contributed by atoms with Crippen LogP contribution in [0.5, 0.6) is 0 Å². The molecule has 2 aromatic rings. The number of furan rings is 1. The number of nitrogens with one attached hydrogen (secondary N) is 1. The first-order valence-electron chi connectivity index (χ1n) is 13.9. The van der Waals surface area contributed by atoms with Crippen molar-refractivity contribution >= 4 is 11.9 Å². The van der Waals surface area contributed by atoms with Crippen molar-refractivity contribution < 1.29 is 23.5 Å². The number of methoxy groups -OCH3 is 2. The molecule has 1 aromatic heterocycles. The molecule has 1 N–H and O–H groups in total. The van der Waals surface area contributed by atoms with E-state index in [1.165, 1.54) is 19.8 Å². The zero-order valence-electron chi connectivity index (χ0n) is 23.4. The molecule has 4 rings (SSSR count). The highest BCUT2D eigenvalue weighted by Gasteiger charge is 2.57. The number of rotatable bonds is 10. The van der Waals surface area contributed by atoms with Crippen molar-refractivity contribution in [1.29, 1.82) is 0 Å². The Balaban J connectivity index is 1.44. The number of allylic oxidation sites excluding steroid dienone is 1. The van der Waals surface area contributed by atoms with Gasteiger partial charge in [-0.15, -0.1) is 0 Å². The lowest BCUT2D eigenvalue weighted by atomic mass is 9.46. The molecule has 2 fully saturated rings. The highest BCUT2D eigenvalue weighted by Crippen LogP contribution is 2.62. The summed E-state index contributed by atoms with van der Waals surface area (Å²) in [7, 11) is 2.93. The van der Waals surface area contributed by atoms with E-state index >= 15 is 0 Å². The SMILES string of the molecule is C=C1CCC2C(C)(C(=O)OC)CCCC2(C)C1CCc1ccoc1CNC(Cc1ccccc1)C(=O)OC. The maximum absolute atomic E-state index is 12.9.